The van der Waals surface area contributed by atoms with Crippen LogP contribution in [-0.4, -0.2) is 36.1 Å². The minimum atomic E-state index is -0.118. The SMILES string of the molecule is COc1cnccc1C(C)NC(=O)C1CCN(c2nc3ccccc3s2)CC1. The highest BCUT2D eigenvalue weighted by Gasteiger charge is 2.27. The molecule has 1 aromatic carbocycles. The fraction of sp³-hybridized carbons (Fsp3) is 0.381. The van der Waals surface area contributed by atoms with E-state index in [0.29, 0.717) is 5.75 Å². The summed E-state index contributed by atoms with van der Waals surface area (Å²) in [6.07, 6.45) is 5.06. The van der Waals surface area contributed by atoms with Gasteiger partial charge in [-0.3, -0.25) is 9.78 Å². The second-order valence-corrected chi connectivity index (χ2v) is 8.08. The van der Waals surface area contributed by atoms with Crippen LogP contribution in [0, 0.1) is 5.92 Å². The summed E-state index contributed by atoms with van der Waals surface area (Å²) in [7, 11) is 1.62. The zero-order valence-electron chi connectivity index (χ0n) is 16.1. The number of nitrogens with zero attached hydrogens (tertiary/aromatic N) is 3. The van der Waals surface area contributed by atoms with Gasteiger partial charge in [-0.05, 0) is 38.0 Å². The van der Waals surface area contributed by atoms with Crippen molar-refractivity contribution in [3.05, 3.63) is 48.3 Å². The molecule has 3 aromatic rings. The van der Waals surface area contributed by atoms with Gasteiger partial charge in [0.15, 0.2) is 5.13 Å². The number of thiazole rings is 1. The molecule has 0 saturated carbocycles. The zero-order valence-corrected chi connectivity index (χ0v) is 16.9. The number of anilines is 1. The van der Waals surface area contributed by atoms with Crippen molar-refractivity contribution in [1.29, 1.82) is 0 Å². The molecular weight excluding hydrogens is 372 g/mol. The number of hydrogen-bond acceptors (Lipinski definition) is 6. The number of carbonyl (C=O) groups excluding carboxylic acids is 1. The summed E-state index contributed by atoms with van der Waals surface area (Å²) in [6, 6.07) is 9.98. The fourth-order valence-electron chi connectivity index (χ4n) is 3.66. The maximum absolute atomic E-state index is 12.8. The Bertz CT molecular complexity index is 933. The summed E-state index contributed by atoms with van der Waals surface area (Å²) in [5, 5.41) is 4.19. The van der Waals surface area contributed by atoms with Crippen LogP contribution >= 0.6 is 11.3 Å². The Hall–Kier alpha value is -2.67. The van der Waals surface area contributed by atoms with E-state index in [1.165, 1.54) is 4.70 Å². The Balaban J connectivity index is 1.36. The van der Waals surface area contributed by atoms with Gasteiger partial charge in [0.1, 0.15) is 5.75 Å². The normalized spacial score (nSPS) is 16.1. The average molecular weight is 397 g/mol. The van der Waals surface area contributed by atoms with Gasteiger partial charge < -0.3 is 15.0 Å². The number of piperidine rings is 1. The van der Waals surface area contributed by atoms with Gasteiger partial charge in [0, 0.05) is 30.8 Å². The molecule has 1 N–H and O–H groups in total. The quantitative estimate of drug-likeness (QED) is 0.711. The van der Waals surface area contributed by atoms with Crippen molar-refractivity contribution in [3.63, 3.8) is 0 Å². The molecule has 1 aliphatic heterocycles. The topological polar surface area (TPSA) is 67.3 Å². The molecular formula is C21H24N4O2S. The number of pyridine rings is 1. The highest BCUT2D eigenvalue weighted by Crippen LogP contribution is 2.32. The predicted octanol–water partition coefficient (Wildman–Crippen LogP) is 3.79. The Morgan fingerprint density at radius 2 is 2.07 bits per heavy atom. The second kappa shape index (κ2) is 8.14. The third-order valence-corrected chi connectivity index (χ3v) is 6.38. The van der Waals surface area contributed by atoms with Crippen molar-refractivity contribution in [3.8, 4) is 5.75 Å². The minimum Gasteiger partial charge on any atom is -0.495 e. The third-order valence-electron chi connectivity index (χ3n) is 5.28. The standard InChI is InChI=1S/C21H24N4O2S/c1-14(16-7-10-22-13-18(16)27-2)23-20(26)15-8-11-25(12-9-15)21-24-17-5-3-4-6-19(17)28-21/h3-7,10,13-15H,8-9,11-12H2,1-2H3,(H,23,26). The zero-order chi connectivity index (χ0) is 19.5. The molecule has 1 fully saturated rings. The smallest absolute Gasteiger partial charge is 0.223 e. The van der Waals surface area contributed by atoms with E-state index in [0.717, 1.165) is 42.1 Å². The Kier molecular flexibility index (Phi) is 5.43. The van der Waals surface area contributed by atoms with Crippen LogP contribution in [0.3, 0.4) is 0 Å². The maximum atomic E-state index is 12.8. The van der Waals surface area contributed by atoms with Crippen molar-refractivity contribution < 1.29 is 9.53 Å². The second-order valence-electron chi connectivity index (χ2n) is 7.07. The van der Waals surface area contributed by atoms with Gasteiger partial charge in [0.05, 0.1) is 29.6 Å². The molecule has 6 nitrogen and oxygen atoms in total. The van der Waals surface area contributed by atoms with Crippen LogP contribution in [0.25, 0.3) is 10.2 Å². The molecule has 7 heteroatoms. The molecule has 1 aliphatic rings. The lowest BCUT2D eigenvalue weighted by Gasteiger charge is -2.31. The number of benzene rings is 1. The molecule has 1 atom stereocenters. The molecule has 146 valence electrons. The van der Waals surface area contributed by atoms with Crippen molar-refractivity contribution in [2.75, 3.05) is 25.1 Å². The van der Waals surface area contributed by atoms with Crippen molar-refractivity contribution in [2.24, 2.45) is 5.92 Å². The number of hydrogen-bond donors (Lipinski definition) is 1. The highest BCUT2D eigenvalue weighted by atomic mass is 32.1. The van der Waals surface area contributed by atoms with Crippen LogP contribution in [0.4, 0.5) is 5.13 Å². The van der Waals surface area contributed by atoms with Crippen LogP contribution in [0.15, 0.2) is 42.7 Å². The van der Waals surface area contributed by atoms with Gasteiger partial charge in [-0.1, -0.05) is 23.5 Å². The maximum Gasteiger partial charge on any atom is 0.223 e. The van der Waals surface area contributed by atoms with Gasteiger partial charge >= 0.3 is 0 Å². The number of ether oxygens (including phenoxy) is 1. The highest BCUT2D eigenvalue weighted by molar-refractivity contribution is 7.22. The summed E-state index contributed by atoms with van der Waals surface area (Å²) in [5.41, 5.74) is 1.99. The predicted molar refractivity (Wildman–Crippen MR) is 112 cm³/mol. The first-order chi connectivity index (χ1) is 13.7. The lowest BCUT2D eigenvalue weighted by atomic mass is 9.95. The van der Waals surface area contributed by atoms with E-state index < -0.39 is 0 Å². The number of carbonyl (C=O) groups is 1. The molecule has 4 rings (SSSR count). The first-order valence-corrected chi connectivity index (χ1v) is 10.4. The van der Waals surface area contributed by atoms with Crippen LogP contribution < -0.4 is 15.0 Å². The molecule has 0 aliphatic carbocycles. The average Bonchev–Trinajstić information content (AvgIpc) is 3.18. The van der Waals surface area contributed by atoms with Gasteiger partial charge in [0.25, 0.3) is 0 Å². The summed E-state index contributed by atoms with van der Waals surface area (Å²) in [6.45, 7) is 3.68. The number of fused-ring (bicyclic) bond motifs is 1. The van der Waals surface area contributed by atoms with Crippen LogP contribution in [0.1, 0.15) is 31.4 Å². The number of para-hydroxylation sites is 1. The van der Waals surface area contributed by atoms with Crippen LogP contribution in [0.5, 0.6) is 5.75 Å². The van der Waals surface area contributed by atoms with E-state index in [9.17, 15) is 4.79 Å². The van der Waals surface area contributed by atoms with E-state index in [4.69, 9.17) is 9.72 Å². The number of aromatic nitrogens is 2. The van der Waals surface area contributed by atoms with E-state index in [-0.39, 0.29) is 17.9 Å². The van der Waals surface area contributed by atoms with E-state index >= 15 is 0 Å². The molecule has 1 unspecified atom stereocenters. The molecule has 28 heavy (non-hydrogen) atoms. The molecule has 0 bridgehead atoms. The first kappa shape index (κ1) is 18.7. The lowest BCUT2D eigenvalue weighted by Crippen LogP contribution is -2.41. The van der Waals surface area contributed by atoms with Crippen LogP contribution in [0.2, 0.25) is 0 Å². The largest absolute Gasteiger partial charge is 0.495 e. The molecule has 1 saturated heterocycles. The van der Waals surface area contributed by atoms with Crippen LogP contribution in [-0.2, 0) is 4.79 Å². The van der Waals surface area contributed by atoms with E-state index in [1.54, 1.807) is 30.8 Å². The number of nitrogens with one attached hydrogen (secondary N) is 1. The monoisotopic (exact) mass is 396 g/mol. The van der Waals surface area contributed by atoms with Crippen molar-refractivity contribution >= 4 is 32.6 Å². The number of rotatable bonds is 5. The van der Waals surface area contributed by atoms with Gasteiger partial charge in [-0.2, -0.15) is 0 Å². The summed E-state index contributed by atoms with van der Waals surface area (Å²) >= 11 is 1.72. The summed E-state index contributed by atoms with van der Waals surface area (Å²) in [4.78, 5) is 23.9. The molecule has 3 heterocycles. The third kappa shape index (κ3) is 3.80. The van der Waals surface area contributed by atoms with Crippen molar-refractivity contribution in [2.45, 2.75) is 25.8 Å². The Morgan fingerprint density at radius 1 is 1.29 bits per heavy atom. The lowest BCUT2D eigenvalue weighted by molar-refractivity contribution is -0.126. The van der Waals surface area contributed by atoms with E-state index in [2.05, 4.69) is 21.3 Å². The fourth-order valence-corrected chi connectivity index (χ4v) is 4.67. The van der Waals surface area contributed by atoms with Gasteiger partial charge in [-0.15, -0.1) is 0 Å². The minimum absolute atomic E-state index is 0.0286. The first-order valence-electron chi connectivity index (χ1n) is 9.54. The van der Waals surface area contributed by atoms with Crippen molar-refractivity contribution in [1.82, 2.24) is 15.3 Å². The Morgan fingerprint density at radius 3 is 2.82 bits per heavy atom. The molecule has 0 spiro atoms. The molecule has 2 aromatic heterocycles. The van der Waals surface area contributed by atoms with E-state index in [1.807, 2.05) is 31.2 Å². The Labute approximate surface area is 168 Å². The van der Waals surface area contributed by atoms with Gasteiger partial charge in [-0.25, -0.2) is 4.98 Å². The molecule has 1 amide bonds. The summed E-state index contributed by atoms with van der Waals surface area (Å²) < 4.78 is 6.56. The van der Waals surface area contributed by atoms with Gasteiger partial charge in [0.2, 0.25) is 5.91 Å². The molecule has 0 radical (unpaired) electrons. The summed E-state index contributed by atoms with van der Waals surface area (Å²) in [5.74, 6) is 0.831. The number of methoxy groups -OCH3 is 1. The number of amides is 1.